The van der Waals surface area contributed by atoms with Crippen LogP contribution in [-0.4, -0.2) is 23.0 Å². The standard InChI is InChI=1S/C15H15NO5/c1-8(2)13(15(19)20)16-14(18)12-7-10(17)9-5-3-4-6-11(9)21-12/h3-8,13H,1-2H3,(H,16,18)(H,19,20). The summed E-state index contributed by atoms with van der Waals surface area (Å²) in [6.07, 6.45) is 0. The molecule has 1 heterocycles. The fraction of sp³-hybridized carbons (Fsp3) is 0.267. The first kappa shape index (κ1) is 14.8. The van der Waals surface area contributed by atoms with Crippen molar-refractivity contribution >= 4 is 22.8 Å². The van der Waals surface area contributed by atoms with Crippen LogP contribution in [0.2, 0.25) is 0 Å². The number of carbonyl (C=O) groups excluding carboxylic acids is 1. The van der Waals surface area contributed by atoms with E-state index < -0.39 is 17.9 Å². The Labute approximate surface area is 120 Å². The Bertz CT molecular complexity index is 747. The van der Waals surface area contributed by atoms with Crippen LogP contribution in [0, 0.1) is 5.92 Å². The summed E-state index contributed by atoms with van der Waals surface area (Å²) < 4.78 is 5.36. The Balaban J connectivity index is 2.36. The van der Waals surface area contributed by atoms with Gasteiger partial charge in [-0.3, -0.25) is 9.59 Å². The van der Waals surface area contributed by atoms with Crippen molar-refractivity contribution in [1.82, 2.24) is 5.32 Å². The molecule has 0 saturated heterocycles. The Hall–Kier alpha value is -2.63. The average Bonchev–Trinajstić information content (AvgIpc) is 2.43. The van der Waals surface area contributed by atoms with Crippen LogP contribution in [0.15, 0.2) is 39.5 Å². The normalized spacial score (nSPS) is 12.3. The van der Waals surface area contributed by atoms with Gasteiger partial charge in [-0.25, -0.2) is 4.79 Å². The van der Waals surface area contributed by atoms with Crippen LogP contribution in [0.4, 0.5) is 0 Å². The van der Waals surface area contributed by atoms with E-state index in [9.17, 15) is 14.4 Å². The van der Waals surface area contributed by atoms with E-state index in [0.717, 1.165) is 6.07 Å². The minimum atomic E-state index is -1.14. The molecule has 0 spiro atoms. The van der Waals surface area contributed by atoms with Crippen molar-refractivity contribution in [1.29, 1.82) is 0 Å². The highest BCUT2D eigenvalue weighted by atomic mass is 16.4. The summed E-state index contributed by atoms with van der Waals surface area (Å²) in [4.78, 5) is 35.0. The molecule has 2 aromatic rings. The van der Waals surface area contributed by atoms with E-state index >= 15 is 0 Å². The van der Waals surface area contributed by atoms with Gasteiger partial charge < -0.3 is 14.8 Å². The van der Waals surface area contributed by atoms with Gasteiger partial charge in [0.2, 0.25) is 0 Å². The topological polar surface area (TPSA) is 96.6 Å². The number of para-hydroxylation sites is 1. The van der Waals surface area contributed by atoms with Crippen molar-refractivity contribution in [3.05, 3.63) is 46.3 Å². The monoisotopic (exact) mass is 289 g/mol. The first-order valence-electron chi connectivity index (χ1n) is 6.46. The second-order valence-electron chi connectivity index (χ2n) is 5.00. The molecule has 0 aliphatic heterocycles. The second kappa shape index (κ2) is 5.78. The van der Waals surface area contributed by atoms with Crippen molar-refractivity contribution in [2.45, 2.75) is 19.9 Å². The van der Waals surface area contributed by atoms with E-state index in [1.807, 2.05) is 0 Å². The summed E-state index contributed by atoms with van der Waals surface area (Å²) in [7, 11) is 0. The highest BCUT2D eigenvalue weighted by molar-refractivity contribution is 5.95. The molecule has 21 heavy (non-hydrogen) atoms. The lowest BCUT2D eigenvalue weighted by molar-refractivity contribution is -0.140. The van der Waals surface area contributed by atoms with Crippen molar-refractivity contribution in [2.75, 3.05) is 0 Å². The summed E-state index contributed by atoms with van der Waals surface area (Å²) in [5.41, 5.74) is -0.0648. The molecule has 0 saturated carbocycles. The Morgan fingerprint density at radius 1 is 1.24 bits per heavy atom. The molecular weight excluding hydrogens is 274 g/mol. The number of carboxylic acids is 1. The Morgan fingerprint density at radius 3 is 2.52 bits per heavy atom. The Morgan fingerprint density at radius 2 is 1.90 bits per heavy atom. The number of hydrogen-bond donors (Lipinski definition) is 2. The van der Waals surface area contributed by atoms with E-state index in [0.29, 0.717) is 5.39 Å². The first-order valence-corrected chi connectivity index (χ1v) is 6.46. The van der Waals surface area contributed by atoms with Gasteiger partial charge in [-0.1, -0.05) is 26.0 Å². The number of carboxylic acid groups (broad SMARTS) is 1. The fourth-order valence-corrected chi connectivity index (χ4v) is 1.94. The molecule has 6 nitrogen and oxygen atoms in total. The zero-order valence-corrected chi connectivity index (χ0v) is 11.6. The molecule has 1 aromatic heterocycles. The lowest BCUT2D eigenvalue weighted by atomic mass is 10.0. The number of hydrogen-bond acceptors (Lipinski definition) is 4. The Kier molecular flexibility index (Phi) is 4.07. The summed E-state index contributed by atoms with van der Waals surface area (Å²) in [6.45, 7) is 3.35. The van der Waals surface area contributed by atoms with E-state index in [4.69, 9.17) is 9.52 Å². The summed E-state index contributed by atoms with van der Waals surface area (Å²) in [6, 6.07) is 6.56. The summed E-state index contributed by atoms with van der Waals surface area (Å²) >= 11 is 0. The van der Waals surface area contributed by atoms with Gasteiger partial charge in [0.15, 0.2) is 11.2 Å². The third-order valence-electron chi connectivity index (χ3n) is 3.08. The second-order valence-corrected chi connectivity index (χ2v) is 5.00. The van der Waals surface area contributed by atoms with Gasteiger partial charge in [-0.2, -0.15) is 0 Å². The van der Waals surface area contributed by atoms with Gasteiger partial charge in [0.25, 0.3) is 5.91 Å². The van der Waals surface area contributed by atoms with Gasteiger partial charge in [0.05, 0.1) is 5.39 Å². The molecule has 2 rings (SSSR count). The molecule has 1 atom stereocenters. The molecule has 1 amide bonds. The predicted molar refractivity (Wildman–Crippen MR) is 76.2 cm³/mol. The van der Waals surface area contributed by atoms with Gasteiger partial charge in [-0.15, -0.1) is 0 Å². The molecule has 0 aliphatic rings. The van der Waals surface area contributed by atoms with Crippen LogP contribution in [0.5, 0.6) is 0 Å². The number of aliphatic carboxylic acids is 1. The minimum absolute atomic E-state index is 0.203. The molecule has 0 aliphatic carbocycles. The van der Waals surface area contributed by atoms with E-state index in [2.05, 4.69) is 5.32 Å². The number of rotatable bonds is 4. The van der Waals surface area contributed by atoms with E-state index in [1.54, 1.807) is 38.1 Å². The molecule has 2 N–H and O–H groups in total. The van der Waals surface area contributed by atoms with E-state index in [-0.39, 0.29) is 22.7 Å². The van der Waals surface area contributed by atoms with Crippen molar-refractivity contribution in [2.24, 2.45) is 5.92 Å². The number of benzene rings is 1. The van der Waals surface area contributed by atoms with Crippen LogP contribution < -0.4 is 10.7 Å². The van der Waals surface area contributed by atoms with Crippen LogP contribution in [0.3, 0.4) is 0 Å². The molecule has 0 fully saturated rings. The largest absolute Gasteiger partial charge is 0.480 e. The molecule has 1 unspecified atom stereocenters. The van der Waals surface area contributed by atoms with E-state index in [1.165, 1.54) is 0 Å². The molecule has 0 radical (unpaired) electrons. The lowest BCUT2D eigenvalue weighted by Crippen LogP contribution is -2.44. The molecule has 0 bridgehead atoms. The third kappa shape index (κ3) is 3.10. The molecule has 6 heteroatoms. The highest BCUT2D eigenvalue weighted by Crippen LogP contribution is 2.12. The average molecular weight is 289 g/mol. The quantitative estimate of drug-likeness (QED) is 0.891. The lowest BCUT2D eigenvalue weighted by Gasteiger charge is -2.17. The predicted octanol–water partition coefficient (Wildman–Crippen LogP) is 1.63. The number of carbonyl (C=O) groups is 2. The minimum Gasteiger partial charge on any atom is -0.480 e. The van der Waals surface area contributed by atoms with Crippen LogP contribution in [-0.2, 0) is 4.79 Å². The smallest absolute Gasteiger partial charge is 0.326 e. The van der Waals surface area contributed by atoms with Gasteiger partial charge in [-0.05, 0) is 18.1 Å². The van der Waals surface area contributed by atoms with Crippen LogP contribution >= 0.6 is 0 Å². The van der Waals surface area contributed by atoms with Gasteiger partial charge >= 0.3 is 5.97 Å². The molecular formula is C15H15NO5. The maximum atomic E-state index is 12.1. The van der Waals surface area contributed by atoms with Crippen LogP contribution in [0.25, 0.3) is 11.0 Å². The maximum Gasteiger partial charge on any atom is 0.326 e. The zero-order valence-electron chi connectivity index (χ0n) is 11.6. The number of fused-ring (bicyclic) bond motifs is 1. The number of nitrogens with one attached hydrogen (secondary N) is 1. The number of amides is 1. The van der Waals surface area contributed by atoms with Crippen molar-refractivity contribution < 1.29 is 19.1 Å². The van der Waals surface area contributed by atoms with Crippen molar-refractivity contribution in [3.63, 3.8) is 0 Å². The third-order valence-corrected chi connectivity index (χ3v) is 3.08. The first-order chi connectivity index (χ1) is 9.90. The molecule has 1 aromatic carbocycles. The van der Waals surface area contributed by atoms with Crippen LogP contribution in [0.1, 0.15) is 24.4 Å². The van der Waals surface area contributed by atoms with Crippen molar-refractivity contribution in [3.8, 4) is 0 Å². The summed E-state index contributed by atoms with van der Waals surface area (Å²) in [5, 5.41) is 11.8. The van der Waals surface area contributed by atoms with Gasteiger partial charge in [0, 0.05) is 6.07 Å². The highest BCUT2D eigenvalue weighted by Gasteiger charge is 2.25. The maximum absolute atomic E-state index is 12.1. The fourth-order valence-electron chi connectivity index (χ4n) is 1.94. The molecule has 110 valence electrons. The zero-order chi connectivity index (χ0) is 15.6. The van der Waals surface area contributed by atoms with Gasteiger partial charge in [0.1, 0.15) is 11.6 Å². The SMILES string of the molecule is CC(C)C(NC(=O)c1cc(=O)c2ccccc2o1)C(=O)O. The summed E-state index contributed by atoms with van der Waals surface area (Å²) in [5.74, 6) is -2.36.